The third kappa shape index (κ3) is 2.55. The molecular formula is C10H15Br2Ru. The summed E-state index contributed by atoms with van der Waals surface area (Å²) in [6.45, 7) is 11.2. The molecule has 0 saturated carbocycles. The average molecular weight is 396 g/mol. The van der Waals surface area contributed by atoms with Crippen LogP contribution in [0, 0.1) is 5.41 Å². The standard InChI is InChI=1S/C10H15.2BrH.Ru/c1-7-6-10(4,5)9(3)8(7)2;;;/h1-5H3;2*1H;/q;;;+2/p-2. The summed E-state index contributed by atoms with van der Waals surface area (Å²) in [4.78, 5) is 0. The van der Waals surface area contributed by atoms with Gasteiger partial charge in [0.1, 0.15) is 0 Å². The van der Waals surface area contributed by atoms with Gasteiger partial charge in [-0.25, -0.2) is 0 Å². The van der Waals surface area contributed by atoms with Gasteiger partial charge in [0.05, 0.1) is 0 Å². The zero-order chi connectivity index (χ0) is 8.81. The van der Waals surface area contributed by atoms with Crippen LogP contribution in [0.15, 0.2) is 20.9 Å². The zero-order valence-electron chi connectivity index (χ0n) is 8.61. The Morgan fingerprint density at radius 3 is 1.38 bits per heavy atom. The Kier molecular flexibility index (Phi) is 6.64. The van der Waals surface area contributed by atoms with Gasteiger partial charge in [0.15, 0.2) is 0 Å². The van der Waals surface area contributed by atoms with Crippen LogP contribution in [-0.2, 0) is 18.3 Å². The van der Waals surface area contributed by atoms with Crippen molar-refractivity contribution in [3.8, 4) is 0 Å². The first-order valence-electron chi connectivity index (χ1n) is 3.93. The maximum Gasteiger partial charge on any atom is -1.00 e. The molecule has 0 unspecified atom stereocenters. The predicted octanol–water partition coefficient (Wildman–Crippen LogP) is -2.81. The largest absolute Gasteiger partial charge is 1.00 e. The van der Waals surface area contributed by atoms with Crippen LogP contribution >= 0.6 is 0 Å². The van der Waals surface area contributed by atoms with Crippen LogP contribution in [0.2, 0.25) is 0 Å². The third-order valence-electron chi connectivity index (χ3n) is 2.92. The molecule has 0 saturated heterocycles. The number of hydrogen-bond acceptors (Lipinski definition) is 0. The van der Waals surface area contributed by atoms with Crippen LogP contribution in [-0.4, -0.2) is 0 Å². The summed E-state index contributed by atoms with van der Waals surface area (Å²) < 4.78 is 1.46. The molecule has 1 aliphatic rings. The van der Waals surface area contributed by atoms with E-state index >= 15 is 0 Å². The van der Waals surface area contributed by atoms with Crippen molar-refractivity contribution in [1.82, 2.24) is 0 Å². The van der Waals surface area contributed by atoms with Crippen molar-refractivity contribution in [3.63, 3.8) is 0 Å². The number of halogens is 2. The molecule has 0 aliphatic heterocycles. The fourth-order valence-electron chi connectivity index (χ4n) is 1.54. The minimum absolute atomic E-state index is 0. The molecule has 0 amide bonds. The van der Waals surface area contributed by atoms with E-state index in [1.165, 1.54) is 20.9 Å². The summed E-state index contributed by atoms with van der Waals surface area (Å²) in [7, 11) is 0. The molecule has 0 bridgehead atoms. The maximum absolute atomic E-state index is 2.77. The molecule has 0 radical (unpaired) electrons. The molecule has 0 aromatic heterocycles. The van der Waals surface area contributed by atoms with Crippen molar-refractivity contribution in [2.75, 3.05) is 0 Å². The number of rotatable bonds is 0. The van der Waals surface area contributed by atoms with Crippen molar-refractivity contribution >= 4 is 0 Å². The van der Waals surface area contributed by atoms with Crippen LogP contribution in [0.3, 0.4) is 0 Å². The second kappa shape index (κ2) is 5.23. The molecule has 0 aromatic rings. The molecule has 77 valence electrons. The van der Waals surface area contributed by atoms with E-state index in [-0.39, 0.29) is 39.4 Å². The van der Waals surface area contributed by atoms with E-state index in [4.69, 9.17) is 0 Å². The molecule has 0 heterocycles. The van der Waals surface area contributed by atoms with Gasteiger partial charge in [0.25, 0.3) is 0 Å². The Hall–Kier alpha value is 1.06. The minimum atomic E-state index is 0. The quantitative estimate of drug-likeness (QED) is 0.388. The molecular weight excluding hydrogens is 381 g/mol. The summed E-state index contributed by atoms with van der Waals surface area (Å²) in [6, 6.07) is 0. The molecule has 0 aromatic carbocycles. The Balaban J connectivity index is 0. The topological polar surface area (TPSA) is 0 Å². The number of allylic oxidation sites excluding steroid dienone is 4. The fourth-order valence-corrected chi connectivity index (χ4v) is 2.19. The van der Waals surface area contributed by atoms with Crippen LogP contribution < -0.4 is 34.0 Å². The van der Waals surface area contributed by atoms with E-state index in [1.54, 1.807) is 0 Å². The van der Waals surface area contributed by atoms with Gasteiger partial charge in [-0.3, -0.25) is 0 Å². The van der Waals surface area contributed by atoms with Gasteiger partial charge in [-0.2, -0.15) is 0 Å². The van der Waals surface area contributed by atoms with E-state index in [9.17, 15) is 0 Å². The van der Waals surface area contributed by atoms with Crippen LogP contribution in [0.4, 0.5) is 0 Å². The Morgan fingerprint density at radius 1 is 0.923 bits per heavy atom. The summed E-state index contributed by atoms with van der Waals surface area (Å²) >= 11 is 2.77. The number of hydrogen-bond donors (Lipinski definition) is 0. The van der Waals surface area contributed by atoms with E-state index in [0.29, 0.717) is 0 Å². The third-order valence-corrected chi connectivity index (χ3v) is 4.65. The smallest absolute Gasteiger partial charge is 1.00 e. The van der Waals surface area contributed by atoms with Gasteiger partial charge in [0.2, 0.25) is 0 Å². The molecule has 0 nitrogen and oxygen atoms in total. The van der Waals surface area contributed by atoms with Gasteiger partial charge in [-0.05, 0) is 0 Å². The predicted molar refractivity (Wildman–Crippen MR) is 44.9 cm³/mol. The van der Waals surface area contributed by atoms with Crippen LogP contribution in [0.5, 0.6) is 0 Å². The molecule has 0 atom stereocenters. The van der Waals surface area contributed by atoms with Gasteiger partial charge in [-0.1, -0.05) is 0 Å². The Labute approximate surface area is 112 Å². The molecule has 1 rings (SSSR count). The summed E-state index contributed by atoms with van der Waals surface area (Å²) in [5.41, 5.74) is 4.74. The summed E-state index contributed by atoms with van der Waals surface area (Å²) in [5, 5.41) is 0. The fraction of sp³-hybridized carbons (Fsp3) is 0.600. The SMILES string of the molecule is CC1=C(C)C(C)(C)[C]([Ru+2])=C1C.[Br-].[Br-]. The van der Waals surface area contributed by atoms with Gasteiger partial charge in [0, 0.05) is 0 Å². The first kappa shape index (κ1) is 16.5. The van der Waals surface area contributed by atoms with E-state index in [0.717, 1.165) is 0 Å². The summed E-state index contributed by atoms with van der Waals surface area (Å²) in [6.07, 6.45) is 0. The maximum atomic E-state index is 2.77. The molecule has 0 spiro atoms. The van der Waals surface area contributed by atoms with Gasteiger partial charge >= 0.3 is 79.2 Å². The second-order valence-electron chi connectivity index (χ2n) is 3.80. The average Bonchev–Trinajstić information content (AvgIpc) is 2.06. The monoisotopic (exact) mass is 395 g/mol. The first-order chi connectivity index (χ1) is 4.89. The molecule has 0 N–H and O–H groups in total. The van der Waals surface area contributed by atoms with Gasteiger partial charge in [-0.15, -0.1) is 0 Å². The molecule has 1 aliphatic carbocycles. The Morgan fingerprint density at radius 2 is 1.31 bits per heavy atom. The summed E-state index contributed by atoms with van der Waals surface area (Å²) in [5.74, 6) is 0. The first-order valence-corrected chi connectivity index (χ1v) is 4.80. The van der Waals surface area contributed by atoms with Crippen molar-refractivity contribution in [1.29, 1.82) is 0 Å². The van der Waals surface area contributed by atoms with Crippen molar-refractivity contribution in [3.05, 3.63) is 20.9 Å². The second-order valence-corrected chi connectivity index (χ2v) is 4.67. The van der Waals surface area contributed by atoms with Crippen molar-refractivity contribution in [2.24, 2.45) is 5.41 Å². The van der Waals surface area contributed by atoms with Gasteiger partial charge < -0.3 is 34.0 Å². The normalized spacial score (nSPS) is 19.8. The van der Waals surface area contributed by atoms with Crippen molar-refractivity contribution < 1.29 is 52.3 Å². The van der Waals surface area contributed by atoms with E-state index in [1.807, 2.05) is 0 Å². The molecule has 13 heavy (non-hydrogen) atoms. The van der Waals surface area contributed by atoms with E-state index < -0.39 is 0 Å². The molecule has 3 heteroatoms. The van der Waals surface area contributed by atoms with Crippen molar-refractivity contribution in [2.45, 2.75) is 34.6 Å². The minimum Gasteiger partial charge on any atom is -1.00 e. The molecule has 0 fully saturated rings. The van der Waals surface area contributed by atoms with Crippen LogP contribution in [0.25, 0.3) is 0 Å². The van der Waals surface area contributed by atoms with Crippen LogP contribution in [0.1, 0.15) is 34.6 Å². The Bertz CT molecular complexity index is 236. The van der Waals surface area contributed by atoms with E-state index in [2.05, 4.69) is 52.9 Å². The zero-order valence-corrected chi connectivity index (χ0v) is 13.5.